The van der Waals surface area contributed by atoms with Crippen molar-refractivity contribution in [2.24, 2.45) is 17.6 Å². The molecule has 1 aromatic carbocycles. The van der Waals surface area contributed by atoms with Crippen molar-refractivity contribution in [2.45, 2.75) is 44.6 Å². The molecular weight excluding hydrogens is 272 g/mol. The standard InChI is InChI=1S/C15H24N2O2S/c1-11-5-3-7-14(11)10-17-20(18,19)15-8-4-6-13(9-16)12(15)2/h4,6,8,11,14,17H,3,5,7,9-10,16H2,1-2H3. The molecule has 0 aromatic heterocycles. The van der Waals surface area contributed by atoms with Crippen LogP contribution in [0.1, 0.15) is 37.3 Å². The molecule has 1 aliphatic carbocycles. The van der Waals surface area contributed by atoms with E-state index in [1.807, 2.05) is 13.0 Å². The second-order valence-corrected chi connectivity index (χ2v) is 7.50. The fourth-order valence-electron chi connectivity index (χ4n) is 2.99. The lowest BCUT2D eigenvalue weighted by molar-refractivity contribution is 0.414. The normalized spacial score (nSPS) is 23.1. The summed E-state index contributed by atoms with van der Waals surface area (Å²) in [4.78, 5) is 0.353. The largest absolute Gasteiger partial charge is 0.326 e. The van der Waals surface area contributed by atoms with E-state index in [0.29, 0.717) is 29.8 Å². The topological polar surface area (TPSA) is 72.2 Å². The molecule has 5 heteroatoms. The molecule has 2 atom stereocenters. The van der Waals surface area contributed by atoms with Gasteiger partial charge in [-0.3, -0.25) is 0 Å². The second kappa shape index (κ2) is 6.24. The molecule has 112 valence electrons. The van der Waals surface area contributed by atoms with Crippen molar-refractivity contribution < 1.29 is 8.42 Å². The first-order valence-corrected chi connectivity index (χ1v) is 8.72. The Labute approximate surface area is 121 Å². The number of sulfonamides is 1. The van der Waals surface area contributed by atoms with Crippen LogP contribution in [0.4, 0.5) is 0 Å². The quantitative estimate of drug-likeness (QED) is 0.874. The van der Waals surface area contributed by atoms with Gasteiger partial charge in [-0.25, -0.2) is 13.1 Å². The first kappa shape index (κ1) is 15.5. The molecule has 1 aromatic rings. The van der Waals surface area contributed by atoms with E-state index >= 15 is 0 Å². The van der Waals surface area contributed by atoms with Gasteiger partial charge in [0.1, 0.15) is 0 Å². The Morgan fingerprint density at radius 1 is 1.35 bits per heavy atom. The van der Waals surface area contributed by atoms with Gasteiger partial charge in [0.05, 0.1) is 4.90 Å². The zero-order valence-corrected chi connectivity index (χ0v) is 13.0. The number of nitrogens with two attached hydrogens (primary N) is 1. The maximum Gasteiger partial charge on any atom is 0.240 e. The number of nitrogens with one attached hydrogen (secondary N) is 1. The molecule has 4 nitrogen and oxygen atoms in total. The highest BCUT2D eigenvalue weighted by Gasteiger charge is 2.26. The average molecular weight is 296 g/mol. The zero-order chi connectivity index (χ0) is 14.8. The van der Waals surface area contributed by atoms with E-state index in [-0.39, 0.29) is 0 Å². The fourth-order valence-corrected chi connectivity index (χ4v) is 4.37. The van der Waals surface area contributed by atoms with E-state index < -0.39 is 10.0 Å². The Bertz CT molecular complexity index is 569. The van der Waals surface area contributed by atoms with Crippen LogP contribution in [0, 0.1) is 18.8 Å². The maximum atomic E-state index is 12.4. The molecule has 2 unspecified atom stereocenters. The molecule has 0 spiro atoms. The van der Waals surface area contributed by atoms with Crippen molar-refractivity contribution in [3.8, 4) is 0 Å². The monoisotopic (exact) mass is 296 g/mol. The van der Waals surface area contributed by atoms with Crippen LogP contribution in [0.2, 0.25) is 0 Å². The summed E-state index contributed by atoms with van der Waals surface area (Å²) >= 11 is 0. The number of hydrogen-bond donors (Lipinski definition) is 2. The molecule has 0 saturated heterocycles. The third-order valence-corrected chi connectivity index (χ3v) is 6.05. The van der Waals surface area contributed by atoms with Crippen LogP contribution in [0.5, 0.6) is 0 Å². The van der Waals surface area contributed by atoms with Crippen LogP contribution in [-0.4, -0.2) is 15.0 Å². The highest BCUT2D eigenvalue weighted by atomic mass is 32.2. The van der Waals surface area contributed by atoms with Gasteiger partial charge in [-0.05, 0) is 42.4 Å². The van der Waals surface area contributed by atoms with E-state index in [1.54, 1.807) is 12.1 Å². The predicted molar refractivity (Wildman–Crippen MR) is 80.8 cm³/mol. The predicted octanol–water partition coefficient (Wildman–Crippen LogP) is 2.17. The van der Waals surface area contributed by atoms with E-state index in [0.717, 1.165) is 17.5 Å². The Hall–Kier alpha value is -0.910. The molecule has 0 heterocycles. The Kier molecular flexibility index (Phi) is 4.83. The van der Waals surface area contributed by atoms with Crippen LogP contribution in [-0.2, 0) is 16.6 Å². The van der Waals surface area contributed by atoms with Gasteiger partial charge in [-0.2, -0.15) is 0 Å². The lowest BCUT2D eigenvalue weighted by Gasteiger charge is -2.17. The molecule has 3 N–H and O–H groups in total. The van der Waals surface area contributed by atoms with Crippen LogP contribution in [0.3, 0.4) is 0 Å². The van der Waals surface area contributed by atoms with Crippen molar-refractivity contribution >= 4 is 10.0 Å². The SMILES string of the molecule is Cc1c(CN)cccc1S(=O)(=O)NCC1CCCC1C. The van der Waals surface area contributed by atoms with Crippen LogP contribution < -0.4 is 10.5 Å². The lowest BCUT2D eigenvalue weighted by Crippen LogP contribution is -2.31. The highest BCUT2D eigenvalue weighted by molar-refractivity contribution is 7.89. The molecule has 20 heavy (non-hydrogen) atoms. The van der Waals surface area contributed by atoms with E-state index in [2.05, 4.69) is 11.6 Å². The van der Waals surface area contributed by atoms with Crippen molar-refractivity contribution in [1.82, 2.24) is 4.72 Å². The van der Waals surface area contributed by atoms with Crippen molar-refractivity contribution in [3.63, 3.8) is 0 Å². The molecular formula is C15H24N2O2S. The summed E-state index contributed by atoms with van der Waals surface area (Å²) in [6.07, 6.45) is 3.52. The van der Waals surface area contributed by atoms with E-state index in [9.17, 15) is 8.42 Å². The molecule has 0 aliphatic heterocycles. The molecule has 0 bridgehead atoms. The minimum atomic E-state index is -3.44. The average Bonchev–Trinajstić information content (AvgIpc) is 2.82. The Balaban J connectivity index is 2.14. The summed E-state index contributed by atoms with van der Waals surface area (Å²) < 4.78 is 27.6. The molecule has 1 saturated carbocycles. The van der Waals surface area contributed by atoms with E-state index in [4.69, 9.17) is 5.73 Å². The highest BCUT2D eigenvalue weighted by Crippen LogP contribution is 2.31. The molecule has 0 radical (unpaired) electrons. The van der Waals surface area contributed by atoms with Gasteiger partial charge >= 0.3 is 0 Å². The summed E-state index contributed by atoms with van der Waals surface area (Å²) in [7, 11) is -3.44. The number of hydrogen-bond acceptors (Lipinski definition) is 3. The summed E-state index contributed by atoms with van der Waals surface area (Å²) in [5.74, 6) is 1.07. The molecule has 1 fully saturated rings. The van der Waals surface area contributed by atoms with Gasteiger partial charge in [0.15, 0.2) is 0 Å². The number of benzene rings is 1. The van der Waals surface area contributed by atoms with Gasteiger partial charge in [0.2, 0.25) is 10.0 Å². The summed E-state index contributed by atoms with van der Waals surface area (Å²) in [6.45, 7) is 4.91. The summed E-state index contributed by atoms with van der Waals surface area (Å²) in [5, 5.41) is 0. The molecule has 2 rings (SSSR count). The minimum absolute atomic E-state index is 0.353. The second-order valence-electron chi connectivity index (χ2n) is 5.76. The molecule has 1 aliphatic rings. The molecule has 0 amide bonds. The summed E-state index contributed by atoms with van der Waals surface area (Å²) in [6, 6.07) is 5.27. The van der Waals surface area contributed by atoms with E-state index in [1.165, 1.54) is 12.8 Å². The van der Waals surface area contributed by atoms with Gasteiger partial charge in [-0.1, -0.05) is 31.9 Å². The zero-order valence-electron chi connectivity index (χ0n) is 12.2. The number of rotatable bonds is 5. The minimum Gasteiger partial charge on any atom is -0.326 e. The Morgan fingerprint density at radius 2 is 2.10 bits per heavy atom. The van der Waals surface area contributed by atoms with Crippen LogP contribution in [0.15, 0.2) is 23.1 Å². The maximum absolute atomic E-state index is 12.4. The van der Waals surface area contributed by atoms with Gasteiger partial charge in [0.25, 0.3) is 0 Å². The van der Waals surface area contributed by atoms with Crippen molar-refractivity contribution in [3.05, 3.63) is 29.3 Å². The third-order valence-electron chi connectivity index (χ3n) is 4.48. The van der Waals surface area contributed by atoms with Crippen molar-refractivity contribution in [2.75, 3.05) is 6.54 Å². The Morgan fingerprint density at radius 3 is 2.70 bits per heavy atom. The first-order valence-electron chi connectivity index (χ1n) is 7.24. The summed E-state index contributed by atoms with van der Waals surface area (Å²) in [5.41, 5.74) is 7.27. The first-order chi connectivity index (χ1) is 9.45. The van der Waals surface area contributed by atoms with Gasteiger partial charge in [-0.15, -0.1) is 0 Å². The fraction of sp³-hybridized carbons (Fsp3) is 0.600. The van der Waals surface area contributed by atoms with Crippen LogP contribution in [0.25, 0.3) is 0 Å². The van der Waals surface area contributed by atoms with Crippen LogP contribution >= 0.6 is 0 Å². The van der Waals surface area contributed by atoms with Gasteiger partial charge in [0, 0.05) is 13.1 Å². The van der Waals surface area contributed by atoms with Gasteiger partial charge < -0.3 is 5.73 Å². The lowest BCUT2D eigenvalue weighted by atomic mass is 9.99. The smallest absolute Gasteiger partial charge is 0.240 e. The third kappa shape index (κ3) is 3.22. The van der Waals surface area contributed by atoms with Crippen molar-refractivity contribution in [1.29, 1.82) is 0 Å².